The Morgan fingerprint density at radius 1 is 0.857 bits per heavy atom. The molecule has 1 aliphatic rings. The molecule has 2 aromatic carbocycles. The van der Waals surface area contributed by atoms with Crippen molar-refractivity contribution in [1.82, 2.24) is 20.4 Å². The first kappa shape index (κ1) is 20.0. The Kier molecular flexibility index (Phi) is 7.17. The summed E-state index contributed by atoms with van der Waals surface area (Å²) in [6.07, 6.45) is 0. The van der Waals surface area contributed by atoms with Gasteiger partial charge in [0.05, 0.1) is 6.54 Å². The van der Waals surface area contributed by atoms with Gasteiger partial charge < -0.3 is 10.6 Å². The van der Waals surface area contributed by atoms with Crippen molar-refractivity contribution >= 4 is 11.8 Å². The van der Waals surface area contributed by atoms with E-state index in [9.17, 15) is 9.59 Å². The Balaban J connectivity index is 1.37. The molecule has 0 atom stereocenters. The number of nitrogens with one attached hydrogen (secondary N) is 2. The van der Waals surface area contributed by atoms with Crippen LogP contribution in [0.5, 0.6) is 0 Å². The summed E-state index contributed by atoms with van der Waals surface area (Å²) in [5, 5.41) is 5.56. The molecule has 0 unspecified atom stereocenters. The van der Waals surface area contributed by atoms with Crippen LogP contribution in [0.25, 0.3) is 0 Å². The van der Waals surface area contributed by atoms with Crippen molar-refractivity contribution in [2.45, 2.75) is 13.1 Å². The molecule has 0 aliphatic carbocycles. The van der Waals surface area contributed by atoms with Crippen molar-refractivity contribution in [3.63, 3.8) is 0 Å². The molecule has 0 radical (unpaired) electrons. The first-order chi connectivity index (χ1) is 13.6. The van der Waals surface area contributed by atoms with E-state index in [1.54, 1.807) is 19.2 Å². The molecule has 28 heavy (non-hydrogen) atoms. The average Bonchev–Trinajstić information content (AvgIpc) is 2.74. The second kappa shape index (κ2) is 10.0. The SMILES string of the molecule is CNC(=O)c1ccc(CNC(=O)CN2CCN(Cc3ccccc3)CC2)cc1. The highest BCUT2D eigenvalue weighted by atomic mass is 16.2. The number of carbonyl (C=O) groups is 2. The summed E-state index contributed by atoms with van der Waals surface area (Å²) in [4.78, 5) is 28.4. The van der Waals surface area contributed by atoms with Crippen LogP contribution in [-0.2, 0) is 17.9 Å². The van der Waals surface area contributed by atoms with E-state index in [2.05, 4.69) is 44.7 Å². The van der Waals surface area contributed by atoms with Gasteiger partial charge in [0.2, 0.25) is 5.91 Å². The van der Waals surface area contributed by atoms with E-state index in [0.717, 1.165) is 38.3 Å². The van der Waals surface area contributed by atoms with Gasteiger partial charge in [-0.2, -0.15) is 0 Å². The molecular weight excluding hydrogens is 352 g/mol. The second-order valence-corrected chi connectivity index (χ2v) is 7.09. The highest BCUT2D eigenvalue weighted by molar-refractivity contribution is 5.93. The zero-order chi connectivity index (χ0) is 19.8. The normalized spacial score (nSPS) is 15.2. The van der Waals surface area contributed by atoms with Gasteiger partial charge in [-0.15, -0.1) is 0 Å². The van der Waals surface area contributed by atoms with E-state index in [4.69, 9.17) is 0 Å². The number of rotatable bonds is 7. The topological polar surface area (TPSA) is 64.7 Å². The number of carbonyl (C=O) groups excluding carboxylic acids is 2. The quantitative estimate of drug-likeness (QED) is 0.764. The van der Waals surface area contributed by atoms with Crippen LogP contribution in [0.2, 0.25) is 0 Å². The molecule has 2 N–H and O–H groups in total. The zero-order valence-corrected chi connectivity index (χ0v) is 16.4. The third kappa shape index (κ3) is 5.90. The Bertz CT molecular complexity index is 769. The van der Waals surface area contributed by atoms with Crippen molar-refractivity contribution in [2.24, 2.45) is 0 Å². The third-order valence-electron chi connectivity index (χ3n) is 5.01. The smallest absolute Gasteiger partial charge is 0.251 e. The molecule has 2 aromatic rings. The van der Waals surface area contributed by atoms with E-state index in [-0.39, 0.29) is 11.8 Å². The van der Waals surface area contributed by atoms with Gasteiger partial charge in [0, 0.05) is 51.9 Å². The van der Waals surface area contributed by atoms with Crippen LogP contribution in [0, 0.1) is 0 Å². The monoisotopic (exact) mass is 380 g/mol. The van der Waals surface area contributed by atoms with Crippen molar-refractivity contribution in [1.29, 1.82) is 0 Å². The molecule has 1 fully saturated rings. The van der Waals surface area contributed by atoms with Gasteiger partial charge in [0.15, 0.2) is 0 Å². The van der Waals surface area contributed by atoms with E-state index in [1.165, 1.54) is 5.56 Å². The standard InChI is InChI=1S/C22H28N4O2/c1-23-22(28)20-9-7-18(8-10-20)15-24-21(27)17-26-13-11-25(12-14-26)16-19-5-3-2-4-6-19/h2-10H,11-17H2,1H3,(H,23,28)(H,24,27). The minimum atomic E-state index is -0.109. The molecule has 2 amide bonds. The number of hydrogen-bond acceptors (Lipinski definition) is 4. The molecule has 0 saturated carbocycles. The summed E-state index contributed by atoms with van der Waals surface area (Å²) in [7, 11) is 1.61. The summed E-state index contributed by atoms with van der Waals surface area (Å²) >= 11 is 0. The van der Waals surface area contributed by atoms with Crippen molar-refractivity contribution in [2.75, 3.05) is 39.8 Å². The van der Waals surface area contributed by atoms with E-state index in [1.807, 2.05) is 18.2 Å². The van der Waals surface area contributed by atoms with Gasteiger partial charge in [0.1, 0.15) is 0 Å². The Hall–Kier alpha value is -2.70. The molecule has 1 saturated heterocycles. The zero-order valence-electron chi connectivity index (χ0n) is 16.4. The van der Waals surface area contributed by atoms with E-state index < -0.39 is 0 Å². The maximum Gasteiger partial charge on any atom is 0.251 e. The fourth-order valence-corrected chi connectivity index (χ4v) is 3.33. The van der Waals surface area contributed by atoms with Crippen molar-refractivity contribution < 1.29 is 9.59 Å². The summed E-state index contributed by atoms with van der Waals surface area (Å²) in [5.41, 5.74) is 2.93. The molecule has 0 aromatic heterocycles. The molecule has 1 heterocycles. The summed E-state index contributed by atoms with van der Waals surface area (Å²) in [5.74, 6) is -0.0751. The Morgan fingerprint density at radius 2 is 1.50 bits per heavy atom. The largest absolute Gasteiger partial charge is 0.355 e. The summed E-state index contributed by atoms with van der Waals surface area (Å²) < 4.78 is 0. The lowest BCUT2D eigenvalue weighted by atomic mass is 10.1. The van der Waals surface area contributed by atoms with Crippen molar-refractivity contribution in [3.05, 3.63) is 71.3 Å². The van der Waals surface area contributed by atoms with Gasteiger partial charge in [-0.1, -0.05) is 42.5 Å². The van der Waals surface area contributed by atoms with Gasteiger partial charge in [0.25, 0.3) is 5.91 Å². The lowest BCUT2D eigenvalue weighted by Gasteiger charge is -2.34. The maximum atomic E-state index is 12.2. The lowest BCUT2D eigenvalue weighted by Crippen LogP contribution is -2.49. The van der Waals surface area contributed by atoms with Crippen LogP contribution in [0.1, 0.15) is 21.5 Å². The molecule has 6 nitrogen and oxygen atoms in total. The molecule has 6 heteroatoms. The van der Waals surface area contributed by atoms with Crippen LogP contribution in [-0.4, -0.2) is 61.4 Å². The van der Waals surface area contributed by atoms with Gasteiger partial charge in [-0.25, -0.2) is 0 Å². The third-order valence-corrected chi connectivity index (χ3v) is 5.01. The molecule has 3 rings (SSSR count). The fraction of sp³-hybridized carbons (Fsp3) is 0.364. The van der Waals surface area contributed by atoms with Crippen LogP contribution in [0.15, 0.2) is 54.6 Å². The Labute approximate surface area is 166 Å². The van der Waals surface area contributed by atoms with Gasteiger partial charge in [-0.3, -0.25) is 19.4 Å². The van der Waals surface area contributed by atoms with Crippen LogP contribution in [0.3, 0.4) is 0 Å². The Morgan fingerprint density at radius 3 is 2.14 bits per heavy atom. The first-order valence-electron chi connectivity index (χ1n) is 9.70. The number of benzene rings is 2. The first-order valence-corrected chi connectivity index (χ1v) is 9.70. The lowest BCUT2D eigenvalue weighted by molar-refractivity contribution is -0.122. The molecule has 0 spiro atoms. The average molecular weight is 380 g/mol. The van der Waals surface area contributed by atoms with Crippen molar-refractivity contribution in [3.8, 4) is 0 Å². The summed E-state index contributed by atoms with van der Waals surface area (Å²) in [6.45, 7) is 5.62. The highest BCUT2D eigenvalue weighted by Crippen LogP contribution is 2.08. The number of piperazine rings is 1. The molecule has 0 bridgehead atoms. The summed E-state index contributed by atoms with van der Waals surface area (Å²) in [6, 6.07) is 17.8. The predicted molar refractivity (Wildman–Crippen MR) is 110 cm³/mol. The molecule has 1 aliphatic heterocycles. The van der Waals surface area contributed by atoms with Gasteiger partial charge >= 0.3 is 0 Å². The van der Waals surface area contributed by atoms with Crippen LogP contribution in [0.4, 0.5) is 0 Å². The van der Waals surface area contributed by atoms with Gasteiger partial charge in [-0.05, 0) is 23.3 Å². The minimum absolute atomic E-state index is 0.0342. The maximum absolute atomic E-state index is 12.2. The number of amides is 2. The minimum Gasteiger partial charge on any atom is -0.355 e. The van der Waals surface area contributed by atoms with Crippen LogP contribution >= 0.6 is 0 Å². The van der Waals surface area contributed by atoms with Crippen LogP contribution < -0.4 is 10.6 Å². The number of hydrogen-bond donors (Lipinski definition) is 2. The second-order valence-electron chi connectivity index (χ2n) is 7.09. The predicted octanol–water partition coefficient (Wildman–Crippen LogP) is 1.48. The van der Waals surface area contributed by atoms with E-state index in [0.29, 0.717) is 18.7 Å². The fourth-order valence-electron chi connectivity index (χ4n) is 3.33. The molecular formula is C22H28N4O2. The molecule has 148 valence electrons. The van der Waals surface area contributed by atoms with E-state index >= 15 is 0 Å². The number of nitrogens with zero attached hydrogens (tertiary/aromatic N) is 2. The highest BCUT2D eigenvalue weighted by Gasteiger charge is 2.18.